The lowest BCUT2D eigenvalue weighted by Gasteiger charge is -2.31. The van der Waals surface area contributed by atoms with Crippen molar-refractivity contribution < 1.29 is 22.3 Å². The molecule has 0 radical (unpaired) electrons. The molecule has 11 heteroatoms. The number of nitrogens with zero attached hydrogens (tertiary/aromatic N) is 5. The lowest BCUT2D eigenvalue weighted by atomic mass is 9.95. The van der Waals surface area contributed by atoms with Crippen LogP contribution in [0.1, 0.15) is 25.7 Å². The molecule has 0 saturated carbocycles. The summed E-state index contributed by atoms with van der Waals surface area (Å²) >= 11 is 0. The zero-order valence-electron chi connectivity index (χ0n) is 22.6. The van der Waals surface area contributed by atoms with Crippen LogP contribution in [0.2, 0.25) is 0 Å². The smallest absolute Gasteiger partial charge is 0.319 e. The molecule has 7 nitrogen and oxygen atoms in total. The van der Waals surface area contributed by atoms with E-state index in [0.717, 1.165) is 45.0 Å². The van der Waals surface area contributed by atoms with Crippen LogP contribution in [-0.2, 0) is 0 Å². The van der Waals surface area contributed by atoms with E-state index in [0.29, 0.717) is 29.6 Å². The van der Waals surface area contributed by atoms with Crippen molar-refractivity contribution in [3.63, 3.8) is 0 Å². The molecule has 0 aliphatic carbocycles. The summed E-state index contributed by atoms with van der Waals surface area (Å²) in [7, 11) is 1.89. The highest BCUT2D eigenvalue weighted by atomic mass is 19.2. The van der Waals surface area contributed by atoms with Gasteiger partial charge in [-0.1, -0.05) is 24.3 Å². The second-order valence-electron chi connectivity index (χ2n) is 11.4. The molecular weight excluding hydrogens is 536 g/mol. The molecule has 3 atom stereocenters. The number of alkyl halides is 1. The van der Waals surface area contributed by atoms with Crippen molar-refractivity contribution in [1.82, 2.24) is 25.2 Å². The molecule has 214 valence electrons. The largest absolute Gasteiger partial charge is 0.461 e. The van der Waals surface area contributed by atoms with Gasteiger partial charge in [0.25, 0.3) is 0 Å². The second-order valence-corrected chi connectivity index (χ2v) is 11.4. The molecule has 3 aliphatic heterocycles. The molecule has 3 fully saturated rings. The number of anilines is 1. The first-order valence-corrected chi connectivity index (χ1v) is 14.0. The van der Waals surface area contributed by atoms with Crippen molar-refractivity contribution >= 4 is 27.5 Å². The van der Waals surface area contributed by atoms with Crippen molar-refractivity contribution in [3.05, 3.63) is 54.0 Å². The Morgan fingerprint density at radius 3 is 2.85 bits per heavy atom. The van der Waals surface area contributed by atoms with Crippen LogP contribution >= 0.6 is 0 Å². The van der Waals surface area contributed by atoms with E-state index < -0.39 is 29.2 Å². The average Bonchev–Trinajstić information content (AvgIpc) is 3.70. The van der Waals surface area contributed by atoms with Gasteiger partial charge in [-0.15, -0.1) is 0 Å². The van der Waals surface area contributed by atoms with Gasteiger partial charge in [-0.3, -0.25) is 9.88 Å². The molecule has 0 unspecified atom stereocenters. The maximum absolute atomic E-state index is 16.4. The monoisotopic (exact) mass is 566 g/mol. The third-order valence-electron chi connectivity index (χ3n) is 8.98. The topological polar surface area (TPSA) is 66.4 Å². The van der Waals surface area contributed by atoms with E-state index in [4.69, 9.17) is 9.72 Å². The number of benzene rings is 2. The summed E-state index contributed by atoms with van der Waals surface area (Å²) in [6.07, 6.45) is 3.60. The molecular formula is C30H30F4N6O. The number of pyridine rings is 1. The fourth-order valence-corrected chi connectivity index (χ4v) is 6.84. The minimum Gasteiger partial charge on any atom is -0.461 e. The molecule has 5 heterocycles. The lowest BCUT2D eigenvalue weighted by molar-refractivity contribution is 0.107. The molecule has 2 aromatic carbocycles. The van der Waals surface area contributed by atoms with E-state index in [1.807, 2.05) is 11.9 Å². The van der Waals surface area contributed by atoms with Crippen LogP contribution in [0, 0.1) is 17.5 Å². The SMILES string of the molecule is CN(c1nc(OC[C@@]23CCCN2C[C@H](F)C3)nc2c(F)c(-c3cccc4ccc(F)c(F)c34)ncc12)[C@@H]1CCNC1. The number of aromatic nitrogens is 3. The number of fused-ring (bicyclic) bond motifs is 3. The third-order valence-corrected chi connectivity index (χ3v) is 8.98. The number of ether oxygens (including phenoxy) is 1. The summed E-state index contributed by atoms with van der Waals surface area (Å²) in [5.41, 5.74) is -0.483. The van der Waals surface area contributed by atoms with Crippen molar-refractivity contribution in [3.8, 4) is 17.3 Å². The number of likely N-dealkylation sites (N-methyl/N-ethyl adjacent to an activating group) is 1. The first-order chi connectivity index (χ1) is 19.8. The summed E-state index contributed by atoms with van der Waals surface area (Å²) in [6.45, 7) is 2.99. The van der Waals surface area contributed by atoms with Crippen molar-refractivity contribution in [2.75, 3.05) is 44.7 Å². The van der Waals surface area contributed by atoms with Crippen LogP contribution in [0.3, 0.4) is 0 Å². The van der Waals surface area contributed by atoms with Crippen molar-refractivity contribution in [2.45, 2.75) is 43.4 Å². The highest BCUT2D eigenvalue weighted by molar-refractivity contribution is 5.99. The number of hydrogen-bond donors (Lipinski definition) is 1. The van der Waals surface area contributed by atoms with Gasteiger partial charge >= 0.3 is 6.01 Å². The van der Waals surface area contributed by atoms with E-state index in [1.54, 1.807) is 12.1 Å². The van der Waals surface area contributed by atoms with E-state index in [9.17, 15) is 13.2 Å². The van der Waals surface area contributed by atoms with E-state index in [-0.39, 0.29) is 40.8 Å². The highest BCUT2D eigenvalue weighted by Gasteiger charge is 2.49. The van der Waals surface area contributed by atoms with Gasteiger partial charge in [0.1, 0.15) is 29.8 Å². The van der Waals surface area contributed by atoms with Crippen LogP contribution in [0.5, 0.6) is 6.01 Å². The van der Waals surface area contributed by atoms with Gasteiger partial charge in [0.2, 0.25) is 0 Å². The Bertz CT molecular complexity index is 1650. The lowest BCUT2D eigenvalue weighted by Crippen LogP contribution is -2.43. The first kappa shape index (κ1) is 26.3. The summed E-state index contributed by atoms with van der Waals surface area (Å²) in [6, 6.07) is 7.39. The summed E-state index contributed by atoms with van der Waals surface area (Å²) in [5, 5.41) is 4.08. The maximum Gasteiger partial charge on any atom is 0.319 e. The number of rotatable bonds is 6. The fraction of sp³-hybridized carbons (Fsp3) is 0.433. The van der Waals surface area contributed by atoms with Gasteiger partial charge in [0.05, 0.1) is 10.9 Å². The Morgan fingerprint density at radius 1 is 1.15 bits per heavy atom. The predicted octanol–water partition coefficient (Wildman–Crippen LogP) is 5.02. The van der Waals surface area contributed by atoms with E-state index in [2.05, 4.69) is 20.2 Å². The third kappa shape index (κ3) is 4.37. The van der Waals surface area contributed by atoms with Gasteiger partial charge in [-0.2, -0.15) is 9.97 Å². The number of halogens is 4. The molecule has 41 heavy (non-hydrogen) atoms. The van der Waals surface area contributed by atoms with Gasteiger partial charge < -0.3 is 15.0 Å². The van der Waals surface area contributed by atoms with Crippen LogP contribution in [0.15, 0.2) is 36.5 Å². The molecule has 4 aromatic rings. The van der Waals surface area contributed by atoms with E-state index in [1.165, 1.54) is 18.3 Å². The van der Waals surface area contributed by atoms with Crippen LogP contribution in [0.4, 0.5) is 23.4 Å². The number of nitrogens with one attached hydrogen (secondary N) is 1. The minimum absolute atomic E-state index is 0.0139. The molecule has 3 aliphatic rings. The zero-order valence-corrected chi connectivity index (χ0v) is 22.6. The van der Waals surface area contributed by atoms with E-state index >= 15 is 4.39 Å². The Morgan fingerprint density at radius 2 is 2.02 bits per heavy atom. The predicted molar refractivity (Wildman–Crippen MR) is 148 cm³/mol. The van der Waals surface area contributed by atoms with Gasteiger partial charge in [0, 0.05) is 49.7 Å². The molecule has 2 aromatic heterocycles. The van der Waals surface area contributed by atoms with Crippen LogP contribution in [0.25, 0.3) is 32.9 Å². The van der Waals surface area contributed by atoms with Gasteiger partial charge in [-0.25, -0.2) is 17.6 Å². The number of hydrogen-bond acceptors (Lipinski definition) is 7. The Hall–Kier alpha value is -3.57. The molecule has 3 saturated heterocycles. The Balaban J connectivity index is 1.35. The molecule has 7 rings (SSSR count). The summed E-state index contributed by atoms with van der Waals surface area (Å²) < 4.78 is 66.1. The fourth-order valence-electron chi connectivity index (χ4n) is 6.84. The first-order valence-electron chi connectivity index (χ1n) is 14.0. The highest BCUT2D eigenvalue weighted by Crippen LogP contribution is 2.41. The molecule has 0 spiro atoms. The maximum atomic E-state index is 16.4. The second kappa shape index (κ2) is 10.1. The van der Waals surface area contributed by atoms with Crippen LogP contribution < -0.4 is 15.0 Å². The van der Waals surface area contributed by atoms with Crippen molar-refractivity contribution in [2.24, 2.45) is 0 Å². The zero-order chi connectivity index (χ0) is 28.3. The molecule has 0 bridgehead atoms. The minimum atomic E-state index is -1.07. The molecule has 0 amide bonds. The normalized spacial score (nSPS) is 24.4. The molecule has 1 N–H and O–H groups in total. The van der Waals surface area contributed by atoms with Crippen molar-refractivity contribution in [1.29, 1.82) is 0 Å². The Labute approximate surface area is 234 Å². The van der Waals surface area contributed by atoms with Gasteiger partial charge in [-0.05, 0) is 43.8 Å². The summed E-state index contributed by atoms with van der Waals surface area (Å²) in [5.74, 6) is -2.41. The van der Waals surface area contributed by atoms with Gasteiger partial charge in [0.15, 0.2) is 17.5 Å². The quantitative estimate of drug-likeness (QED) is 0.329. The average molecular weight is 567 g/mol. The summed E-state index contributed by atoms with van der Waals surface area (Å²) in [4.78, 5) is 17.6. The Kier molecular flexibility index (Phi) is 6.46. The van der Waals surface area contributed by atoms with Crippen LogP contribution in [-0.4, -0.2) is 77.4 Å². The standard InChI is InChI=1S/C30H30F4N6O/c1-39(19-8-10-35-13-19)28-21-14-36-26(20-5-2-4-17-6-7-22(32)24(33)23(17)20)25(34)27(21)37-29(38-28)41-16-30-9-3-11-40(30)15-18(31)12-30/h2,4-7,14,18-19,35H,3,8-13,15-16H2,1H3/t18-,19-,30+/m1/s1.